The molecule has 1 N–H and O–H groups in total. The monoisotopic (exact) mass is 261 g/mol. The molecular weight excluding hydrogens is 246 g/mol. The molecular formula is C12H15N5O2. The Morgan fingerprint density at radius 3 is 2.84 bits per heavy atom. The predicted octanol–water partition coefficient (Wildman–Crippen LogP) is 0.223. The van der Waals surface area contributed by atoms with E-state index < -0.39 is 0 Å². The summed E-state index contributed by atoms with van der Waals surface area (Å²) in [6.45, 7) is 3.27. The maximum atomic E-state index is 11.3. The fourth-order valence-corrected chi connectivity index (χ4v) is 2.49. The van der Waals surface area contributed by atoms with E-state index >= 15 is 0 Å². The SMILES string of the molecule is CC(=O)C1CCN(c2cc3n[nH]c(=O)n3cn2)CC1. The summed E-state index contributed by atoms with van der Waals surface area (Å²) < 4.78 is 1.37. The van der Waals surface area contributed by atoms with Crippen molar-refractivity contribution in [2.45, 2.75) is 19.8 Å². The molecule has 2 aromatic rings. The van der Waals surface area contributed by atoms with E-state index in [1.807, 2.05) is 0 Å². The highest BCUT2D eigenvalue weighted by molar-refractivity contribution is 5.78. The molecule has 1 fully saturated rings. The van der Waals surface area contributed by atoms with Gasteiger partial charge >= 0.3 is 5.69 Å². The predicted molar refractivity (Wildman–Crippen MR) is 69.2 cm³/mol. The number of carbonyl (C=O) groups excluding carboxylic acids is 1. The zero-order valence-electron chi connectivity index (χ0n) is 10.7. The Bertz CT molecular complexity index is 666. The number of piperidine rings is 1. The van der Waals surface area contributed by atoms with Crippen molar-refractivity contribution in [3.05, 3.63) is 22.9 Å². The van der Waals surface area contributed by atoms with E-state index in [2.05, 4.69) is 20.1 Å². The van der Waals surface area contributed by atoms with Crippen LogP contribution in [0, 0.1) is 5.92 Å². The smallest absolute Gasteiger partial charge is 0.348 e. The van der Waals surface area contributed by atoms with E-state index in [0.29, 0.717) is 5.65 Å². The van der Waals surface area contributed by atoms with Crippen molar-refractivity contribution in [3.8, 4) is 0 Å². The molecule has 7 heteroatoms. The lowest BCUT2D eigenvalue weighted by Crippen LogP contribution is -2.36. The van der Waals surface area contributed by atoms with Crippen molar-refractivity contribution in [2.24, 2.45) is 5.92 Å². The maximum Gasteiger partial charge on any atom is 0.348 e. The Morgan fingerprint density at radius 2 is 2.16 bits per heavy atom. The third-order valence-corrected chi connectivity index (χ3v) is 3.69. The summed E-state index contributed by atoms with van der Waals surface area (Å²) in [4.78, 5) is 29.1. The first kappa shape index (κ1) is 11.9. The first-order valence-corrected chi connectivity index (χ1v) is 6.33. The minimum Gasteiger partial charge on any atom is -0.356 e. The molecule has 2 aromatic heterocycles. The molecule has 0 radical (unpaired) electrons. The van der Waals surface area contributed by atoms with Crippen molar-refractivity contribution in [2.75, 3.05) is 18.0 Å². The highest BCUT2D eigenvalue weighted by Crippen LogP contribution is 2.22. The summed E-state index contributed by atoms with van der Waals surface area (Å²) in [6.07, 6.45) is 3.19. The highest BCUT2D eigenvalue weighted by atomic mass is 16.1. The largest absolute Gasteiger partial charge is 0.356 e. The fourth-order valence-electron chi connectivity index (χ4n) is 2.49. The lowest BCUT2D eigenvalue weighted by Gasteiger charge is -2.31. The van der Waals surface area contributed by atoms with Gasteiger partial charge in [-0.2, -0.15) is 5.10 Å². The second-order valence-electron chi connectivity index (χ2n) is 4.88. The normalized spacial score (nSPS) is 17.0. The van der Waals surface area contributed by atoms with Crippen LogP contribution in [0.4, 0.5) is 5.82 Å². The van der Waals surface area contributed by atoms with Gasteiger partial charge in [-0.3, -0.25) is 4.79 Å². The standard InChI is InChI=1S/C12H15N5O2/c1-8(18)9-2-4-16(5-3-9)10-6-11-14-15-12(19)17(11)7-13-10/h6-7,9H,2-5H2,1H3,(H,15,19). The zero-order valence-corrected chi connectivity index (χ0v) is 10.7. The maximum absolute atomic E-state index is 11.3. The topological polar surface area (TPSA) is 83.4 Å². The van der Waals surface area contributed by atoms with Gasteiger partial charge in [0.05, 0.1) is 0 Å². The quantitative estimate of drug-likeness (QED) is 0.836. The van der Waals surface area contributed by atoms with Crippen LogP contribution in [0.1, 0.15) is 19.8 Å². The van der Waals surface area contributed by atoms with Gasteiger partial charge in [-0.15, -0.1) is 0 Å². The average Bonchev–Trinajstić information content (AvgIpc) is 2.80. The van der Waals surface area contributed by atoms with Crippen molar-refractivity contribution >= 4 is 17.2 Å². The van der Waals surface area contributed by atoms with E-state index in [1.54, 1.807) is 13.0 Å². The molecule has 0 aliphatic carbocycles. The highest BCUT2D eigenvalue weighted by Gasteiger charge is 2.23. The molecule has 7 nitrogen and oxygen atoms in total. The first-order chi connectivity index (χ1) is 9.15. The van der Waals surface area contributed by atoms with Gasteiger partial charge in [0.2, 0.25) is 0 Å². The molecule has 0 unspecified atom stereocenters. The number of hydrogen-bond acceptors (Lipinski definition) is 5. The molecule has 3 heterocycles. The van der Waals surface area contributed by atoms with Crippen LogP contribution in [-0.2, 0) is 4.79 Å². The summed E-state index contributed by atoms with van der Waals surface area (Å²) in [5.74, 6) is 1.24. The van der Waals surface area contributed by atoms with E-state index in [9.17, 15) is 9.59 Å². The number of nitrogens with zero attached hydrogens (tertiary/aromatic N) is 4. The first-order valence-electron chi connectivity index (χ1n) is 6.33. The number of hydrogen-bond donors (Lipinski definition) is 1. The number of nitrogens with one attached hydrogen (secondary N) is 1. The van der Waals surface area contributed by atoms with Crippen LogP contribution < -0.4 is 10.6 Å². The number of anilines is 1. The molecule has 19 heavy (non-hydrogen) atoms. The summed E-state index contributed by atoms with van der Waals surface area (Å²) in [5.41, 5.74) is 0.271. The van der Waals surface area contributed by atoms with E-state index in [0.717, 1.165) is 31.7 Å². The molecule has 0 aromatic carbocycles. The number of aromatic amines is 1. The molecule has 1 aliphatic heterocycles. The number of fused-ring (bicyclic) bond motifs is 1. The summed E-state index contributed by atoms with van der Waals surface area (Å²) in [6, 6.07) is 1.78. The van der Waals surface area contributed by atoms with Gasteiger partial charge in [0, 0.05) is 25.1 Å². The Morgan fingerprint density at radius 1 is 1.42 bits per heavy atom. The second-order valence-corrected chi connectivity index (χ2v) is 4.88. The minimum absolute atomic E-state index is 0.174. The van der Waals surface area contributed by atoms with Gasteiger partial charge < -0.3 is 4.90 Å². The third-order valence-electron chi connectivity index (χ3n) is 3.69. The van der Waals surface area contributed by atoms with Gasteiger partial charge in [0.15, 0.2) is 5.65 Å². The van der Waals surface area contributed by atoms with Crippen LogP contribution in [0.2, 0.25) is 0 Å². The van der Waals surface area contributed by atoms with Crippen LogP contribution in [0.3, 0.4) is 0 Å². The molecule has 100 valence electrons. The van der Waals surface area contributed by atoms with Gasteiger partial charge in [-0.25, -0.2) is 19.3 Å². The molecule has 0 bridgehead atoms. The second kappa shape index (κ2) is 4.49. The lowest BCUT2D eigenvalue weighted by molar-refractivity contribution is -0.121. The van der Waals surface area contributed by atoms with E-state index in [1.165, 1.54) is 10.7 Å². The third kappa shape index (κ3) is 2.11. The number of rotatable bonds is 2. The van der Waals surface area contributed by atoms with Crippen LogP contribution in [-0.4, -0.2) is 38.5 Å². The van der Waals surface area contributed by atoms with Gasteiger partial charge in [-0.1, -0.05) is 0 Å². The number of aromatic nitrogens is 4. The summed E-state index contributed by atoms with van der Waals surface area (Å²) >= 11 is 0. The van der Waals surface area contributed by atoms with Crippen molar-refractivity contribution in [1.29, 1.82) is 0 Å². The van der Waals surface area contributed by atoms with Crippen LogP contribution in [0.25, 0.3) is 5.65 Å². The molecule has 0 spiro atoms. The number of carbonyl (C=O) groups is 1. The molecule has 1 aliphatic rings. The van der Waals surface area contributed by atoms with E-state index in [-0.39, 0.29) is 17.4 Å². The fraction of sp³-hybridized carbons (Fsp3) is 0.500. The average molecular weight is 261 g/mol. The Hall–Kier alpha value is -2.18. The van der Waals surface area contributed by atoms with Gasteiger partial charge in [0.1, 0.15) is 17.9 Å². The van der Waals surface area contributed by atoms with Crippen molar-refractivity contribution in [3.63, 3.8) is 0 Å². The zero-order chi connectivity index (χ0) is 13.4. The van der Waals surface area contributed by atoms with Crippen LogP contribution in [0.5, 0.6) is 0 Å². The number of Topliss-reactive ketones (excluding diaryl/α,β-unsaturated/α-hetero) is 1. The lowest BCUT2D eigenvalue weighted by atomic mass is 9.93. The van der Waals surface area contributed by atoms with Gasteiger partial charge in [-0.05, 0) is 19.8 Å². The Kier molecular flexibility index (Phi) is 2.81. The number of ketones is 1. The Balaban J connectivity index is 1.82. The number of H-pyrrole nitrogens is 1. The van der Waals surface area contributed by atoms with E-state index in [4.69, 9.17) is 0 Å². The van der Waals surface area contributed by atoms with Gasteiger partial charge in [0.25, 0.3) is 0 Å². The van der Waals surface area contributed by atoms with Crippen molar-refractivity contribution in [1.82, 2.24) is 19.6 Å². The minimum atomic E-state index is -0.288. The summed E-state index contributed by atoms with van der Waals surface area (Å²) in [5, 5.41) is 6.30. The molecule has 0 saturated carbocycles. The summed E-state index contributed by atoms with van der Waals surface area (Å²) in [7, 11) is 0. The molecule has 1 saturated heterocycles. The molecule has 0 amide bonds. The molecule has 3 rings (SSSR count). The van der Waals surface area contributed by atoms with Crippen molar-refractivity contribution < 1.29 is 4.79 Å². The molecule has 0 atom stereocenters. The van der Waals surface area contributed by atoms with Crippen LogP contribution >= 0.6 is 0 Å². The van der Waals surface area contributed by atoms with Crippen LogP contribution in [0.15, 0.2) is 17.2 Å². The Labute approximate surface area is 109 Å².